The van der Waals surface area contributed by atoms with Crippen molar-refractivity contribution in [1.82, 2.24) is 0 Å². The normalized spacial score (nSPS) is 22.7. The molecular weight excluding hydrogens is 142 g/mol. The van der Waals surface area contributed by atoms with Crippen molar-refractivity contribution in [1.29, 1.82) is 0 Å². The summed E-state index contributed by atoms with van der Waals surface area (Å²) in [6, 6.07) is 0. The summed E-state index contributed by atoms with van der Waals surface area (Å²) in [4.78, 5) is 5.07. The van der Waals surface area contributed by atoms with Crippen LogP contribution in [0, 0.1) is 0 Å². The smallest absolute Gasteiger partial charge is 0.156 e. The van der Waals surface area contributed by atoms with E-state index in [0.717, 1.165) is 17.7 Å². The molecule has 1 aliphatic heterocycles. The van der Waals surface area contributed by atoms with E-state index < -0.39 is 0 Å². The van der Waals surface area contributed by atoms with Crippen molar-refractivity contribution in [2.75, 3.05) is 13.7 Å². The summed E-state index contributed by atoms with van der Waals surface area (Å²) < 4.78 is 4.93. The average molecular weight is 155 g/mol. The Morgan fingerprint density at radius 2 is 2.64 bits per heavy atom. The number of rotatable bonds is 3. The van der Waals surface area contributed by atoms with Crippen LogP contribution in [0.2, 0.25) is 0 Å². The van der Waals surface area contributed by atoms with Gasteiger partial charge in [-0.1, -0.05) is 11.7 Å². The third kappa shape index (κ3) is 2.05. The Hall–Kier alpha value is -0.830. The second-order valence-corrected chi connectivity index (χ2v) is 2.71. The molecule has 62 valence electrons. The number of hydrogen-bond donors (Lipinski definition) is 0. The molecule has 3 heteroatoms. The van der Waals surface area contributed by atoms with E-state index >= 15 is 0 Å². The van der Waals surface area contributed by atoms with Crippen LogP contribution in [0.15, 0.2) is 17.3 Å². The fraction of sp³-hybridized carbons (Fsp3) is 0.625. The Morgan fingerprint density at radius 3 is 3.09 bits per heavy atom. The Labute approximate surface area is 66.7 Å². The highest BCUT2D eigenvalue weighted by Crippen LogP contribution is 2.14. The van der Waals surface area contributed by atoms with Crippen LogP contribution in [-0.2, 0) is 9.57 Å². The molecule has 0 spiro atoms. The van der Waals surface area contributed by atoms with Gasteiger partial charge in [-0.05, 0) is 12.5 Å². The molecule has 0 aromatic heterocycles. The van der Waals surface area contributed by atoms with Crippen LogP contribution >= 0.6 is 0 Å². The highest BCUT2D eigenvalue weighted by atomic mass is 16.7. The van der Waals surface area contributed by atoms with Crippen molar-refractivity contribution in [2.45, 2.75) is 19.4 Å². The summed E-state index contributed by atoms with van der Waals surface area (Å²) in [7, 11) is 1.65. The Kier molecular flexibility index (Phi) is 2.65. The van der Waals surface area contributed by atoms with Crippen molar-refractivity contribution in [3.8, 4) is 0 Å². The minimum atomic E-state index is 0.0895. The first-order valence-electron chi connectivity index (χ1n) is 3.61. The topological polar surface area (TPSA) is 30.8 Å². The number of ether oxygens (including phenoxy) is 1. The van der Waals surface area contributed by atoms with E-state index in [9.17, 15) is 0 Å². The summed E-state index contributed by atoms with van der Waals surface area (Å²) in [6.07, 6.45) is 0.912. The molecule has 0 radical (unpaired) electrons. The molecule has 1 atom stereocenters. The van der Waals surface area contributed by atoms with Gasteiger partial charge >= 0.3 is 0 Å². The number of nitrogens with zero attached hydrogens (tertiary/aromatic N) is 1. The van der Waals surface area contributed by atoms with Crippen LogP contribution in [0.4, 0.5) is 0 Å². The summed E-state index contributed by atoms with van der Waals surface area (Å²) in [5, 5.41) is 3.87. The molecular formula is C8H13NO2. The Balaban J connectivity index is 2.37. The largest absolute Gasteiger partial charge is 0.389 e. The maximum atomic E-state index is 5.07. The molecule has 11 heavy (non-hydrogen) atoms. The molecule has 0 saturated carbocycles. The fourth-order valence-corrected chi connectivity index (χ4v) is 0.956. The molecule has 3 nitrogen and oxygen atoms in total. The maximum absolute atomic E-state index is 5.07. The molecule has 0 bridgehead atoms. The van der Waals surface area contributed by atoms with Gasteiger partial charge < -0.3 is 9.57 Å². The van der Waals surface area contributed by atoms with Crippen molar-refractivity contribution >= 4 is 5.71 Å². The van der Waals surface area contributed by atoms with Crippen LogP contribution in [-0.4, -0.2) is 25.5 Å². The molecule has 0 unspecified atom stereocenters. The predicted molar refractivity (Wildman–Crippen MR) is 43.6 cm³/mol. The molecule has 0 amide bonds. The first-order chi connectivity index (χ1) is 5.24. The molecule has 1 aliphatic rings. The third-order valence-electron chi connectivity index (χ3n) is 1.58. The first-order valence-corrected chi connectivity index (χ1v) is 3.61. The summed E-state index contributed by atoms with van der Waals surface area (Å²) >= 11 is 0. The van der Waals surface area contributed by atoms with Crippen LogP contribution in [0.3, 0.4) is 0 Å². The van der Waals surface area contributed by atoms with Crippen LogP contribution < -0.4 is 0 Å². The van der Waals surface area contributed by atoms with Gasteiger partial charge in [-0.15, -0.1) is 0 Å². The quantitative estimate of drug-likeness (QED) is 0.616. The average Bonchev–Trinajstić information content (AvgIpc) is 2.37. The van der Waals surface area contributed by atoms with Crippen molar-refractivity contribution in [3.05, 3.63) is 12.2 Å². The number of allylic oxidation sites excluding steroid dienone is 1. The maximum Gasteiger partial charge on any atom is 0.156 e. The standard InChI is InChI=1S/C8H13NO2/c1-6(2)8-4-7(5-10-3)11-9-8/h7H,1,4-5H2,2-3H3/t7-/m1/s1. The summed E-state index contributed by atoms with van der Waals surface area (Å²) in [5.74, 6) is 0. The lowest BCUT2D eigenvalue weighted by molar-refractivity contribution is 0.0208. The van der Waals surface area contributed by atoms with Gasteiger partial charge in [0.15, 0.2) is 6.10 Å². The molecule has 1 heterocycles. The van der Waals surface area contributed by atoms with Gasteiger partial charge in [0.25, 0.3) is 0 Å². The zero-order valence-corrected chi connectivity index (χ0v) is 6.96. The van der Waals surface area contributed by atoms with Gasteiger partial charge in [0, 0.05) is 13.5 Å². The van der Waals surface area contributed by atoms with Crippen molar-refractivity contribution in [3.63, 3.8) is 0 Å². The summed E-state index contributed by atoms with van der Waals surface area (Å²) in [5.41, 5.74) is 1.93. The van der Waals surface area contributed by atoms with Gasteiger partial charge in [-0.3, -0.25) is 0 Å². The Morgan fingerprint density at radius 1 is 1.91 bits per heavy atom. The van der Waals surface area contributed by atoms with E-state index in [1.807, 2.05) is 6.92 Å². The lowest BCUT2D eigenvalue weighted by Gasteiger charge is -2.04. The van der Waals surface area contributed by atoms with E-state index in [0.29, 0.717) is 6.61 Å². The van der Waals surface area contributed by atoms with E-state index in [1.54, 1.807) is 7.11 Å². The number of oxime groups is 1. The molecule has 0 saturated heterocycles. The second-order valence-electron chi connectivity index (χ2n) is 2.71. The van der Waals surface area contributed by atoms with Crippen molar-refractivity contribution in [2.24, 2.45) is 5.16 Å². The highest BCUT2D eigenvalue weighted by Gasteiger charge is 2.20. The van der Waals surface area contributed by atoms with E-state index in [-0.39, 0.29) is 6.10 Å². The minimum absolute atomic E-state index is 0.0895. The SMILES string of the molecule is C=C(C)C1=NO[C@@H](COC)C1. The lowest BCUT2D eigenvalue weighted by Crippen LogP contribution is -2.14. The molecule has 0 aromatic carbocycles. The molecule has 1 rings (SSSR count). The van der Waals surface area contributed by atoms with Gasteiger partial charge in [-0.25, -0.2) is 0 Å². The van der Waals surface area contributed by atoms with Gasteiger partial charge in [-0.2, -0.15) is 0 Å². The molecule has 0 fully saturated rings. The molecule has 0 aliphatic carbocycles. The third-order valence-corrected chi connectivity index (χ3v) is 1.58. The molecule has 0 N–H and O–H groups in total. The van der Waals surface area contributed by atoms with Crippen LogP contribution in [0.1, 0.15) is 13.3 Å². The van der Waals surface area contributed by atoms with Gasteiger partial charge in [0.2, 0.25) is 0 Å². The first kappa shape index (κ1) is 8.27. The zero-order chi connectivity index (χ0) is 8.27. The minimum Gasteiger partial charge on any atom is -0.389 e. The van der Waals surface area contributed by atoms with Gasteiger partial charge in [0.05, 0.1) is 12.3 Å². The monoisotopic (exact) mass is 155 g/mol. The number of hydrogen-bond acceptors (Lipinski definition) is 3. The van der Waals surface area contributed by atoms with Gasteiger partial charge in [0.1, 0.15) is 0 Å². The zero-order valence-electron chi connectivity index (χ0n) is 6.96. The van der Waals surface area contributed by atoms with Crippen molar-refractivity contribution < 1.29 is 9.57 Å². The van der Waals surface area contributed by atoms with Crippen LogP contribution in [0.5, 0.6) is 0 Å². The Bertz CT molecular complexity index is 187. The summed E-state index contributed by atoms with van der Waals surface area (Å²) in [6.45, 7) is 6.31. The van der Waals surface area contributed by atoms with E-state index in [2.05, 4.69) is 11.7 Å². The van der Waals surface area contributed by atoms with E-state index in [4.69, 9.17) is 9.57 Å². The molecule has 0 aromatic rings. The predicted octanol–water partition coefficient (Wildman–Crippen LogP) is 1.35. The second kappa shape index (κ2) is 3.53. The number of methoxy groups -OCH3 is 1. The van der Waals surface area contributed by atoms with Crippen LogP contribution in [0.25, 0.3) is 0 Å². The highest BCUT2D eigenvalue weighted by molar-refractivity contribution is 5.99. The van der Waals surface area contributed by atoms with E-state index in [1.165, 1.54) is 0 Å². The lowest BCUT2D eigenvalue weighted by atomic mass is 10.1. The fourth-order valence-electron chi connectivity index (χ4n) is 0.956.